The molecule has 0 bridgehead atoms. The number of aryl methyl sites for hydroxylation is 1. The van der Waals surface area contributed by atoms with Gasteiger partial charge in [-0.2, -0.15) is 0 Å². The van der Waals surface area contributed by atoms with Crippen LogP contribution in [0.3, 0.4) is 0 Å². The van der Waals surface area contributed by atoms with E-state index in [4.69, 9.17) is 14.2 Å². The second-order valence-electron chi connectivity index (χ2n) is 7.10. The van der Waals surface area contributed by atoms with Crippen molar-refractivity contribution in [1.82, 2.24) is 0 Å². The van der Waals surface area contributed by atoms with Crippen LogP contribution in [0.4, 0.5) is 0 Å². The number of rotatable bonds is 6. The van der Waals surface area contributed by atoms with E-state index in [0.717, 1.165) is 22.3 Å². The molecule has 0 N–H and O–H groups in total. The predicted molar refractivity (Wildman–Crippen MR) is 111 cm³/mol. The van der Waals surface area contributed by atoms with Crippen molar-refractivity contribution < 1.29 is 23.8 Å². The van der Waals surface area contributed by atoms with Gasteiger partial charge in [0.25, 0.3) is 0 Å². The molecular formula is C24H26O5. The summed E-state index contributed by atoms with van der Waals surface area (Å²) in [6.07, 6.45) is 2.14. The lowest BCUT2D eigenvalue weighted by Crippen LogP contribution is -2.34. The van der Waals surface area contributed by atoms with Crippen molar-refractivity contribution in [3.63, 3.8) is 0 Å². The lowest BCUT2D eigenvalue weighted by atomic mass is 9.73. The van der Waals surface area contributed by atoms with Gasteiger partial charge in [0.1, 0.15) is 5.92 Å². The predicted octanol–water partition coefficient (Wildman–Crippen LogP) is 4.33. The number of carbonyl (C=O) groups excluding carboxylic acids is 2. The van der Waals surface area contributed by atoms with Crippen LogP contribution in [0.2, 0.25) is 0 Å². The molecular weight excluding hydrogens is 368 g/mol. The zero-order valence-electron chi connectivity index (χ0n) is 17.2. The third kappa shape index (κ3) is 4.34. The number of esters is 1. The molecule has 5 nitrogen and oxygen atoms in total. The van der Waals surface area contributed by atoms with E-state index in [0.29, 0.717) is 17.9 Å². The minimum atomic E-state index is -0.874. The molecule has 152 valence electrons. The van der Waals surface area contributed by atoms with Gasteiger partial charge in [-0.15, -0.1) is 0 Å². The summed E-state index contributed by atoms with van der Waals surface area (Å²) in [5, 5.41) is 0. The van der Waals surface area contributed by atoms with Gasteiger partial charge in [-0.25, -0.2) is 0 Å². The Morgan fingerprint density at radius 1 is 1.07 bits per heavy atom. The van der Waals surface area contributed by atoms with Crippen LogP contribution < -0.4 is 9.47 Å². The minimum Gasteiger partial charge on any atom is -0.493 e. The first-order valence-electron chi connectivity index (χ1n) is 9.68. The fraction of sp³-hybridized carbons (Fsp3) is 0.333. The lowest BCUT2D eigenvalue weighted by Gasteiger charge is -2.30. The molecule has 0 heterocycles. The smallest absolute Gasteiger partial charge is 0.317 e. The van der Waals surface area contributed by atoms with Gasteiger partial charge >= 0.3 is 5.97 Å². The van der Waals surface area contributed by atoms with E-state index in [2.05, 4.69) is 6.07 Å². The second-order valence-corrected chi connectivity index (χ2v) is 7.10. The summed E-state index contributed by atoms with van der Waals surface area (Å²) in [4.78, 5) is 25.6. The Balaban J connectivity index is 2.06. The van der Waals surface area contributed by atoms with Crippen molar-refractivity contribution in [2.45, 2.75) is 26.2 Å². The number of carbonyl (C=O) groups is 2. The molecule has 0 amide bonds. The molecule has 0 saturated carbocycles. The van der Waals surface area contributed by atoms with Gasteiger partial charge < -0.3 is 14.2 Å². The molecule has 2 aromatic carbocycles. The molecule has 2 aromatic rings. The van der Waals surface area contributed by atoms with Crippen LogP contribution in [0.25, 0.3) is 5.57 Å². The fourth-order valence-corrected chi connectivity index (χ4v) is 3.83. The fourth-order valence-electron chi connectivity index (χ4n) is 3.83. The van der Waals surface area contributed by atoms with Gasteiger partial charge in [0.2, 0.25) is 0 Å². The van der Waals surface area contributed by atoms with Crippen molar-refractivity contribution in [1.29, 1.82) is 0 Å². The van der Waals surface area contributed by atoms with Crippen LogP contribution in [0.15, 0.2) is 48.5 Å². The maximum absolute atomic E-state index is 13.0. The van der Waals surface area contributed by atoms with Crippen molar-refractivity contribution in [3.8, 4) is 11.5 Å². The van der Waals surface area contributed by atoms with E-state index in [-0.39, 0.29) is 18.3 Å². The Morgan fingerprint density at radius 2 is 1.83 bits per heavy atom. The summed E-state index contributed by atoms with van der Waals surface area (Å²) < 4.78 is 16.0. The molecule has 0 fully saturated rings. The maximum Gasteiger partial charge on any atom is 0.317 e. The van der Waals surface area contributed by atoms with Crippen molar-refractivity contribution >= 4 is 17.3 Å². The molecule has 2 atom stereocenters. The zero-order valence-corrected chi connectivity index (χ0v) is 17.2. The van der Waals surface area contributed by atoms with Gasteiger partial charge in [-0.1, -0.05) is 35.9 Å². The van der Waals surface area contributed by atoms with E-state index in [9.17, 15) is 9.59 Å². The number of hydrogen-bond acceptors (Lipinski definition) is 5. The zero-order chi connectivity index (χ0) is 21.0. The molecule has 0 spiro atoms. The molecule has 29 heavy (non-hydrogen) atoms. The number of hydrogen-bond donors (Lipinski definition) is 0. The normalized spacial score (nSPS) is 18.8. The highest BCUT2D eigenvalue weighted by atomic mass is 16.5. The van der Waals surface area contributed by atoms with E-state index in [1.807, 2.05) is 37.3 Å². The van der Waals surface area contributed by atoms with Crippen LogP contribution >= 0.6 is 0 Å². The van der Waals surface area contributed by atoms with Crippen molar-refractivity contribution in [2.75, 3.05) is 20.8 Å². The standard InChI is InChI=1S/C24H26O5/c1-5-29-24(26)23-19(17-9-10-21(27-3)22(14-17)28-4)12-18(13-20(23)25)16-8-6-7-15(2)11-16/h6-11,13-14,19,23H,5,12H2,1-4H3/t19-,23-/m0/s1. The van der Waals surface area contributed by atoms with Crippen molar-refractivity contribution in [3.05, 3.63) is 65.2 Å². The van der Waals surface area contributed by atoms with Crippen LogP contribution in [0.1, 0.15) is 36.0 Å². The first kappa shape index (κ1) is 20.6. The Kier molecular flexibility index (Phi) is 6.37. The van der Waals surface area contributed by atoms with Gasteiger partial charge in [-0.05, 0) is 55.2 Å². The monoisotopic (exact) mass is 394 g/mol. The first-order chi connectivity index (χ1) is 14.0. The van der Waals surface area contributed by atoms with E-state index < -0.39 is 11.9 Å². The van der Waals surface area contributed by atoms with Gasteiger partial charge in [0.05, 0.1) is 20.8 Å². The molecule has 0 aliphatic heterocycles. The molecule has 3 rings (SSSR count). The maximum atomic E-state index is 13.0. The average molecular weight is 394 g/mol. The summed E-state index contributed by atoms with van der Waals surface area (Å²) in [5.74, 6) is -0.779. The highest BCUT2D eigenvalue weighted by molar-refractivity contribution is 6.10. The molecule has 0 radical (unpaired) electrons. The summed E-state index contributed by atoms with van der Waals surface area (Å²) in [6, 6.07) is 13.5. The molecule has 0 saturated heterocycles. The van der Waals surface area contributed by atoms with Gasteiger partial charge in [0, 0.05) is 5.92 Å². The Hall–Kier alpha value is -3.08. The molecule has 0 unspecified atom stereocenters. The second kappa shape index (κ2) is 8.95. The Labute approximate surface area is 171 Å². The number of methoxy groups -OCH3 is 2. The van der Waals surface area contributed by atoms with Crippen LogP contribution in [-0.4, -0.2) is 32.6 Å². The highest BCUT2D eigenvalue weighted by Gasteiger charge is 2.40. The van der Waals surface area contributed by atoms with Crippen LogP contribution in [-0.2, 0) is 14.3 Å². The van der Waals surface area contributed by atoms with Crippen molar-refractivity contribution in [2.24, 2.45) is 5.92 Å². The SMILES string of the molecule is CCOC(=O)[C@@H]1C(=O)C=C(c2cccc(C)c2)C[C@H]1c1ccc(OC)c(OC)c1. The summed E-state index contributed by atoms with van der Waals surface area (Å²) in [5.41, 5.74) is 3.86. The number of ketones is 1. The summed E-state index contributed by atoms with van der Waals surface area (Å²) >= 11 is 0. The molecule has 1 aliphatic rings. The lowest BCUT2D eigenvalue weighted by molar-refractivity contribution is -0.151. The molecule has 5 heteroatoms. The highest BCUT2D eigenvalue weighted by Crippen LogP contribution is 2.42. The number of allylic oxidation sites excluding steroid dienone is 2. The van der Waals surface area contributed by atoms with E-state index >= 15 is 0 Å². The minimum absolute atomic E-state index is 0.231. The van der Waals surface area contributed by atoms with E-state index in [1.54, 1.807) is 33.3 Å². The summed E-state index contributed by atoms with van der Waals surface area (Å²) in [7, 11) is 3.14. The number of ether oxygens (including phenoxy) is 3. The summed E-state index contributed by atoms with van der Waals surface area (Å²) in [6.45, 7) is 3.99. The van der Waals surface area contributed by atoms with Crippen LogP contribution in [0, 0.1) is 12.8 Å². The number of benzene rings is 2. The third-order valence-corrected chi connectivity index (χ3v) is 5.23. The Bertz CT molecular complexity index is 944. The van der Waals surface area contributed by atoms with E-state index in [1.165, 1.54) is 0 Å². The average Bonchev–Trinajstić information content (AvgIpc) is 2.72. The molecule has 0 aromatic heterocycles. The topological polar surface area (TPSA) is 61.8 Å². The first-order valence-corrected chi connectivity index (χ1v) is 9.68. The molecule has 1 aliphatic carbocycles. The Morgan fingerprint density at radius 3 is 2.48 bits per heavy atom. The third-order valence-electron chi connectivity index (χ3n) is 5.23. The van der Waals surface area contributed by atoms with Gasteiger partial charge in [-0.3, -0.25) is 9.59 Å². The quantitative estimate of drug-likeness (QED) is 0.539. The largest absolute Gasteiger partial charge is 0.493 e. The van der Waals surface area contributed by atoms with Gasteiger partial charge in [0.15, 0.2) is 17.3 Å². The van der Waals surface area contributed by atoms with Crippen LogP contribution in [0.5, 0.6) is 11.5 Å².